The lowest BCUT2D eigenvalue weighted by Gasteiger charge is -2.15. The maximum Gasteiger partial charge on any atom is 0.230 e. The van der Waals surface area contributed by atoms with Crippen molar-refractivity contribution in [3.05, 3.63) is 46.8 Å². The highest BCUT2D eigenvalue weighted by molar-refractivity contribution is 7.99. The highest BCUT2D eigenvalue weighted by Gasteiger charge is 2.29. The molecule has 1 saturated carbocycles. The Hall–Kier alpha value is -2.28. The van der Waals surface area contributed by atoms with Gasteiger partial charge in [-0.15, -0.1) is 11.8 Å². The lowest BCUT2D eigenvalue weighted by Crippen LogP contribution is -2.28. The molecule has 1 fully saturated rings. The van der Waals surface area contributed by atoms with Crippen molar-refractivity contribution in [2.45, 2.75) is 45.4 Å². The van der Waals surface area contributed by atoms with Crippen LogP contribution in [0.15, 0.2) is 28.8 Å². The number of aryl methyl sites for hydroxylation is 2. The van der Waals surface area contributed by atoms with E-state index in [0.717, 1.165) is 41.1 Å². The van der Waals surface area contributed by atoms with Gasteiger partial charge in [-0.1, -0.05) is 17.3 Å². The fourth-order valence-electron chi connectivity index (χ4n) is 2.77. The highest BCUT2D eigenvalue weighted by Crippen LogP contribution is 2.30. The van der Waals surface area contributed by atoms with Crippen molar-refractivity contribution >= 4 is 29.3 Å². The predicted molar refractivity (Wildman–Crippen MR) is 106 cm³/mol. The summed E-state index contributed by atoms with van der Waals surface area (Å²) in [6, 6.07) is 7.54. The molecule has 6 nitrogen and oxygen atoms in total. The van der Waals surface area contributed by atoms with Gasteiger partial charge in [-0.05, 0) is 51.3 Å². The van der Waals surface area contributed by atoms with Crippen LogP contribution in [0.2, 0.25) is 0 Å². The number of nitrogens with zero attached hydrogens (tertiary/aromatic N) is 1. The van der Waals surface area contributed by atoms with E-state index in [1.54, 1.807) is 11.8 Å². The van der Waals surface area contributed by atoms with Crippen LogP contribution >= 0.6 is 11.8 Å². The van der Waals surface area contributed by atoms with Gasteiger partial charge in [-0.25, -0.2) is 0 Å². The molecule has 1 aromatic heterocycles. The molecule has 2 aromatic rings. The van der Waals surface area contributed by atoms with Gasteiger partial charge in [0.15, 0.2) is 0 Å². The quantitative estimate of drug-likeness (QED) is 0.721. The first-order chi connectivity index (χ1) is 12.9. The second-order valence-electron chi connectivity index (χ2n) is 6.97. The summed E-state index contributed by atoms with van der Waals surface area (Å²) in [5, 5.41) is 9.85. The van der Waals surface area contributed by atoms with Crippen LogP contribution in [0, 0.1) is 19.8 Å². The number of carbonyl (C=O) groups excluding carboxylic acids is 2. The Kier molecular flexibility index (Phi) is 6.21. The molecule has 1 aliphatic rings. The number of rotatable bonds is 8. The molecule has 0 aliphatic heterocycles. The van der Waals surface area contributed by atoms with Crippen molar-refractivity contribution in [3.63, 3.8) is 0 Å². The maximum absolute atomic E-state index is 12.2. The zero-order valence-corrected chi connectivity index (χ0v) is 16.7. The standard InChI is InChI=1S/C20H25N3O3S/c1-12(15-6-8-17(9-7-15)22-20(25)16-4-5-16)21-19(24)11-27-10-18-13(2)23-26-14(18)3/h6-9,12,16H,4-5,10-11H2,1-3H3,(H,21,24)(H,22,25)/t12-/m0/s1. The number of nitrogens with one attached hydrogen (secondary N) is 2. The lowest BCUT2D eigenvalue weighted by molar-refractivity contribution is -0.119. The second kappa shape index (κ2) is 8.61. The average molecular weight is 388 g/mol. The minimum absolute atomic E-state index is 0.00891. The monoisotopic (exact) mass is 387 g/mol. The molecule has 27 heavy (non-hydrogen) atoms. The van der Waals surface area contributed by atoms with Gasteiger partial charge < -0.3 is 15.2 Å². The summed E-state index contributed by atoms with van der Waals surface area (Å²) >= 11 is 1.54. The molecule has 0 unspecified atom stereocenters. The van der Waals surface area contributed by atoms with Crippen molar-refractivity contribution in [1.82, 2.24) is 10.5 Å². The number of thioether (sulfide) groups is 1. The first-order valence-electron chi connectivity index (χ1n) is 9.13. The van der Waals surface area contributed by atoms with Gasteiger partial charge in [0.1, 0.15) is 5.76 Å². The van der Waals surface area contributed by atoms with Crippen LogP contribution in [-0.4, -0.2) is 22.7 Å². The van der Waals surface area contributed by atoms with E-state index in [2.05, 4.69) is 15.8 Å². The number of hydrogen-bond donors (Lipinski definition) is 2. The zero-order valence-electron chi connectivity index (χ0n) is 15.9. The minimum Gasteiger partial charge on any atom is -0.361 e. The van der Waals surface area contributed by atoms with Gasteiger partial charge in [-0.3, -0.25) is 9.59 Å². The normalized spacial score (nSPS) is 14.6. The Morgan fingerprint density at radius 3 is 2.56 bits per heavy atom. The highest BCUT2D eigenvalue weighted by atomic mass is 32.2. The van der Waals surface area contributed by atoms with Gasteiger partial charge in [0.05, 0.1) is 17.5 Å². The summed E-state index contributed by atoms with van der Waals surface area (Å²) in [4.78, 5) is 24.0. The Morgan fingerprint density at radius 2 is 1.96 bits per heavy atom. The van der Waals surface area contributed by atoms with E-state index in [1.165, 1.54) is 0 Å². The van der Waals surface area contributed by atoms with Crippen LogP contribution in [0.4, 0.5) is 5.69 Å². The summed E-state index contributed by atoms with van der Waals surface area (Å²) in [7, 11) is 0. The van der Waals surface area contributed by atoms with Gasteiger partial charge in [-0.2, -0.15) is 0 Å². The van der Waals surface area contributed by atoms with Gasteiger partial charge in [0.25, 0.3) is 0 Å². The molecule has 3 rings (SSSR count). The number of amides is 2. The van der Waals surface area contributed by atoms with Crippen LogP contribution in [0.3, 0.4) is 0 Å². The Labute approximate surface area is 163 Å². The topological polar surface area (TPSA) is 84.2 Å². The van der Waals surface area contributed by atoms with Crippen molar-refractivity contribution in [2.75, 3.05) is 11.1 Å². The number of carbonyl (C=O) groups is 2. The van der Waals surface area contributed by atoms with E-state index in [9.17, 15) is 9.59 Å². The molecule has 1 aliphatic carbocycles. The Bertz CT molecular complexity index is 793. The van der Waals surface area contributed by atoms with E-state index in [0.29, 0.717) is 11.5 Å². The Balaban J connectivity index is 1.44. The SMILES string of the molecule is Cc1noc(C)c1CSCC(=O)N[C@@H](C)c1ccc(NC(=O)C2CC2)cc1. The van der Waals surface area contributed by atoms with E-state index in [1.807, 2.05) is 45.0 Å². The van der Waals surface area contributed by atoms with Crippen molar-refractivity contribution < 1.29 is 14.1 Å². The number of aromatic nitrogens is 1. The van der Waals surface area contributed by atoms with E-state index in [-0.39, 0.29) is 23.8 Å². The fraction of sp³-hybridized carbons (Fsp3) is 0.450. The Morgan fingerprint density at radius 1 is 1.26 bits per heavy atom. The van der Waals surface area contributed by atoms with Crippen molar-refractivity contribution in [1.29, 1.82) is 0 Å². The maximum atomic E-state index is 12.2. The minimum atomic E-state index is -0.0923. The van der Waals surface area contributed by atoms with Crippen LogP contribution in [0.5, 0.6) is 0 Å². The molecular weight excluding hydrogens is 362 g/mol. The summed E-state index contributed by atoms with van der Waals surface area (Å²) in [6.45, 7) is 5.74. The van der Waals surface area contributed by atoms with Crippen LogP contribution in [0.25, 0.3) is 0 Å². The first kappa shape index (κ1) is 19.5. The fourth-order valence-corrected chi connectivity index (χ4v) is 3.75. The summed E-state index contributed by atoms with van der Waals surface area (Å²) < 4.78 is 5.14. The molecule has 1 aromatic carbocycles. The third-order valence-corrected chi connectivity index (χ3v) is 5.62. The largest absolute Gasteiger partial charge is 0.361 e. The smallest absolute Gasteiger partial charge is 0.230 e. The summed E-state index contributed by atoms with van der Waals surface area (Å²) in [6.07, 6.45) is 1.97. The van der Waals surface area contributed by atoms with Crippen LogP contribution in [-0.2, 0) is 15.3 Å². The molecule has 0 radical (unpaired) electrons. The predicted octanol–water partition coefficient (Wildman–Crippen LogP) is 3.75. The second-order valence-corrected chi connectivity index (χ2v) is 7.96. The van der Waals surface area contributed by atoms with E-state index < -0.39 is 0 Å². The van der Waals surface area contributed by atoms with Crippen molar-refractivity contribution in [2.24, 2.45) is 5.92 Å². The average Bonchev–Trinajstić information content (AvgIpc) is 3.44. The molecule has 0 saturated heterocycles. The molecule has 2 N–H and O–H groups in total. The number of hydrogen-bond acceptors (Lipinski definition) is 5. The molecule has 1 heterocycles. The number of benzene rings is 1. The molecular formula is C20H25N3O3S. The van der Waals surface area contributed by atoms with E-state index in [4.69, 9.17) is 4.52 Å². The number of anilines is 1. The molecule has 0 bridgehead atoms. The van der Waals surface area contributed by atoms with Gasteiger partial charge in [0, 0.05) is 22.9 Å². The molecule has 2 amide bonds. The summed E-state index contributed by atoms with van der Waals surface area (Å²) in [5.74, 6) is 2.17. The van der Waals surface area contributed by atoms with Crippen LogP contribution < -0.4 is 10.6 Å². The third-order valence-electron chi connectivity index (χ3n) is 4.66. The van der Waals surface area contributed by atoms with E-state index >= 15 is 0 Å². The van der Waals surface area contributed by atoms with Crippen LogP contribution in [0.1, 0.15) is 48.4 Å². The summed E-state index contributed by atoms with van der Waals surface area (Å²) in [5.41, 5.74) is 3.74. The zero-order chi connectivity index (χ0) is 19.4. The third kappa shape index (κ3) is 5.35. The lowest BCUT2D eigenvalue weighted by atomic mass is 10.1. The van der Waals surface area contributed by atoms with Crippen molar-refractivity contribution in [3.8, 4) is 0 Å². The molecule has 1 atom stereocenters. The first-order valence-corrected chi connectivity index (χ1v) is 10.3. The van der Waals surface area contributed by atoms with Gasteiger partial charge in [0.2, 0.25) is 11.8 Å². The molecule has 7 heteroatoms. The van der Waals surface area contributed by atoms with Gasteiger partial charge >= 0.3 is 0 Å². The molecule has 0 spiro atoms. The molecule has 144 valence electrons.